The van der Waals surface area contributed by atoms with Gasteiger partial charge in [-0.3, -0.25) is 0 Å². The Kier molecular flexibility index (Phi) is 3.63. The van der Waals surface area contributed by atoms with Gasteiger partial charge >= 0.3 is 0 Å². The van der Waals surface area contributed by atoms with Crippen LogP contribution in [0, 0.1) is 34.5 Å². The van der Waals surface area contributed by atoms with E-state index in [0.29, 0.717) is 10.8 Å². The van der Waals surface area contributed by atoms with Crippen LogP contribution in [-0.2, 0) is 0 Å². The Morgan fingerprint density at radius 2 is 1.92 bits per heavy atom. The molecule has 4 aliphatic carbocycles. The third kappa shape index (κ3) is 2.05. The van der Waals surface area contributed by atoms with Crippen LogP contribution in [0.25, 0.3) is 0 Å². The van der Waals surface area contributed by atoms with E-state index in [1.165, 1.54) is 57.9 Å². The SMILES string of the molecule is CC=C1CCC2(C)C(=CCC3C2CCC24CN(C)C(C)C2CCC34)C1. The van der Waals surface area contributed by atoms with Gasteiger partial charge in [-0.25, -0.2) is 0 Å². The zero-order valence-electron chi connectivity index (χ0n) is 16.9. The first-order valence-corrected chi connectivity index (χ1v) is 11.0. The Morgan fingerprint density at radius 1 is 1.12 bits per heavy atom. The van der Waals surface area contributed by atoms with Crippen molar-refractivity contribution in [2.24, 2.45) is 34.5 Å². The van der Waals surface area contributed by atoms with E-state index in [2.05, 4.69) is 44.9 Å². The summed E-state index contributed by atoms with van der Waals surface area (Å²) in [7, 11) is 2.39. The van der Waals surface area contributed by atoms with Crippen molar-refractivity contribution in [1.29, 1.82) is 0 Å². The molecule has 0 aromatic heterocycles. The van der Waals surface area contributed by atoms with Gasteiger partial charge in [0.1, 0.15) is 0 Å². The number of nitrogens with zero attached hydrogens (tertiary/aromatic N) is 1. The fourth-order valence-electron chi connectivity index (χ4n) is 8.58. The van der Waals surface area contributed by atoms with Crippen molar-refractivity contribution in [3.8, 4) is 0 Å². The highest BCUT2D eigenvalue weighted by molar-refractivity contribution is 5.31. The lowest BCUT2D eigenvalue weighted by molar-refractivity contribution is -0.0364. The van der Waals surface area contributed by atoms with Crippen LogP contribution in [-0.4, -0.2) is 24.5 Å². The minimum Gasteiger partial charge on any atom is -0.303 e. The number of hydrogen-bond donors (Lipinski definition) is 0. The fraction of sp³-hybridized carbons (Fsp3) is 0.833. The maximum atomic E-state index is 2.72. The lowest BCUT2D eigenvalue weighted by Gasteiger charge is -2.57. The molecule has 138 valence electrons. The van der Waals surface area contributed by atoms with Crippen LogP contribution in [0.15, 0.2) is 23.3 Å². The zero-order valence-corrected chi connectivity index (χ0v) is 16.9. The minimum absolute atomic E-state index is 0.519. The smallest absolute Gasteiger partial charge is 0.00982 e. The Hall–Kier alpha value is -0.560. The van der Waals surface area contributed by atoms with E-state index in [0.717, 1.165) is 29.7 Å². The van der Waals surface area contributed by atoms with Crippen LogP contribution in [0.4, 0.5) is 0 Å². The maximum absolute atomic E-state index is 2.72. The predicted molar refractivity (Wildman–Crippen MR) is 105 cm³/mol. The summed E-state index contributed by atoms with van der Waals surface area (Å²) in [5.74, 6) is 3.96. The van der Waals surface area contributed by atoms with E-state index < -0.39 is 0 Å². The summed E-state index contributed by atoms with van der Waals surface area (Å²) in [5.41, 5.74) is 4.71. The summed E-state index contributed by atoms with van der Waals surface area (Å²) in [5, 5.41) is 0. The molecular formula is C24H37N. The van der Waals surface area contributed by atoms with E-state index in [9.17, 15) is 0 Å². The van der Waals surface area contributed by atoms with Gasteiger partial charge in [0.2, 0.25) is 0 Å². The average molecular weight is 340 g/mol. The van der Waals surface area contributed by atoms with Crippen LogP contribution >= 0.6 is 0 Å². The van der Waals surface area contributed by atoms with Crippen molar-refractivity contribution in [3.05, 3.63) is 23.3 Å². The standard InChI is InChI=1S/C24H37N/c1-5-17-10-12-23(3)18(14-17)6-7-19-21(23)11-13-24-15-25(4)16(2)20(24)8-9-22(19)24/h5-6,16,19-22H,7-15H2,1-4H3. The van der Waals surface area contributed by atoms with E-state index in [1.807, 2.05) is 5.57 Å². The molecule has 1 nitrogen and oxygen atoms in total. The number of hydrogen-bond acceptors (Lipinski definition) is 1. The molecule has 1 saturated heterocycles. The number of rotatable bonds is 0. The summed E-state index contributed by atoms with van der Waals surface area (Å²) in [6.45, 7) is 8.79. The minimum atomic E-state index is 0.519. The molecule has 1 aliphatic heterocycles. The highest BCUT2D eigenvalue weighted by Crippen LogP contribution is 2.68. The topological polar surface area (TPSA) is 3.24 Å². The molecule has 1 spiro atoms. The van der Waals surface area contributed by atoms with Crippen molar-refractivity contribution < 1.29 is 0 Å². The quantitative estimate of drug-likeness (QED) is 0.502. The second kappa shape index (κ2) is 5.47. The predicted octanol–water partition coefficient (Wildman–Crippen LogP) is 5.83. The molecule has 25 heavy (non-hydrogen) atoms. The van der Waals surface area contributed by atoms with Crippen LogP contribution in [0.3, 0.4) is 0 Å². The fourth-order valence-corrected chi connectivity index (χ4v) is 8.58. The molecule has 0 aromatic carbocycles. The Balaban J connectivity index is 1.49. The third-order valence-electron chi connectivity index (χ3n) is 10.0. The van der Waals surface area contributed by atoms with Crippen molar-refractivity contribution in [1.82, 2.24) is 4.90 Å². The van der Waals surface area contributed by atoms with Gasteiger partial charge in [-0.15, -0.1) is 0 Å². The first-order valence-electron chi connectivity index (χ1n) is 11.0. The molecule has 0 aromatic rings. The molecule has 1 heteroatoms. The number of likely N-dealkylation sites (tertiary alicyclic amines) is 1. The molecule has 5 rings (SSSR count). The highest BCUT2D eigenvalue weighted by atomic mass is 15.2. The molecule has 7 atom stereocenters. The molecule has 0 N–H and O–H groups in total. The molecule has 5 aliphatic rings. The van der Waals surface area contributed by atoms with Gasteiger partial charge in [-0.2, -0.15) is 0 Å². The first kappa shape index (κ1) is 16.6. The normalized spacial score (nSPS) is 53.8. The Labute approximate surface area is 154 Å². The van der Waals surface area contributed by atoms with Gasteiger partial charge in [0.25, 0.3) is 0 Å². The van der Waals surface area contributed by atoms with Crippen LogP contribution in [0.2, 0.25) is 0 Å². The Morgan fingerprint density at radius 3 is 2.72 bits per heavy atom. The third-order valence-corrected chi connectivity index (χ3v) is 10.0. The van der Waals surface area contributed by atoms with Gasteiger partial charge < -0.3 is 4.90 Å². The second-order valence-corrected chi connectivity index (χ2v) is 10.5. The lowest BCUT2D eigenvalue weighted by Crippen LogP contribution is -2.51. The molecule has 1 heterocycles. The molecule has 0 bridgehead atoms. The van der Waals surface area contributed by atoms with Gasteiger partial charge in [0, 0.05) is 12.6 Å². The van der Waals surface area contributed by atoms with Crippen LogP contribution < -0.4 is 0 Å². The van der Waals surface area contributed by atoms with Crippen molar-refractivity contribution in [2.45, 2.75) is 78.2 Å². The van der Waals surface area contributed by atoms with E-state index in [1.54, 1.807) is 5.57 Å². The van der Waals surface area contributed by atoms with E-state index >= 15 is 0 Å². The molecule has 4 fully saturated rings. The summed E-state index contributed by atoms with van der Waals surface area (Å²) < 4.78 is 0. The summed E-state index contributed by atoms with van der Waals surface area (Å²) in [6, 6.07) is 0.818. The van der Waals surface area contributed by atoms with Crippen molar-refractivity contribution in [3.63, 3.8) is 0 Å². The monoisotopic (exact) mass is 339 g/mol. The van der Waals surface area contributed by atoms with Gasteiger partial charge in [-0.1, -0.05) is 30.2 Å². The van der Waals surface area contributed by atoms with E-state index in [-0.39, 0.29) is 0 Å². The van der Waals surface area contributed by atoms with Gasteiger partial charge in [0.05, 0.1) is 0 Å². The Bertz CT molecular complexity index is 630. The molecule has 3 saturated carbocycles. The van der Waals surface area contributed by atoms with Gasteiger partial charge in [-0.05, 0) is 107 Å². The highest BCUT2D eigenvalue weighted by Gasteiger charge is 2.63. The number of fused-ring (bicyclic) bond motifs is 4. The van der Waals surface area contributed by atoms with E-state index in [4.69, 9.17) is 0 Å². The number of allylic oxidation sites excluding steroid dienone is 4. The molecular weight excluding hydrogens is 302 g/mol. The largest absolute Gasteiger partial charge is 0.303 e. The maximum Gasteiger partial charge on any atom is 0.00982 e. The average Bonchev–Trinajstić information content (AvgIpc) is 3.09. The molecule has 0 radical (unpaired) electrons. The van der Waals surface area contributed by atoms with Crippen molar-refractivity contribution in [2.75, 3.05) is 13.6 Å². The van der Waals surface area contributed by atoms with Gasteiger partial charge in [0.15, 0.2) is 0 Å². The lowest BCUT2D eigenvalue weighted by atomic mass is 9.47. The van der Waals surface area contributed by atoms with Crippen molar-refractivity contribution >= 4 is 0 Å². The zero-order chi connectivity index (χ0) is 17.4. The molecule has 7 unspecified atom stereocenters. The first-order chi connectivity index (χ1) is 12.0. The van der Waals surface area contributed by atoms with Crippen LogP contribution in [0.5, 0.6) is 0 Å². The summed E-state index contributed by atoms with van der Waals surface area (Å²) in [6.07, 6.45) is 16.6. The molecule has 0 amide bonds. The second-order valence-electron chi connectivity index (χ2n) is 10.5. The summed E-state index contributed by atoms with van der Waals surface area (Å²) in [4.78, 5) is 2.70. The summed E-state index contributed by atoms with van der Waals surface area (Å²) >= 11 is 0. The van der Waals surface area contributed by atoms with Crippen LogP contribution in [0.1, 0.15) is 72.1 Å².